The van der Waals surface area contributed by atoms with Crippen molar-refractivity contribution >= 4 is 18.2 Å². The zero-order valence-corrected chi connectivity index (χ0v) is 17.0. The van der Waals surface area contributed by atoms with Gasteiger partial charge in [0.05, 0.1) is 7.11 Å². The van der Waals surface area contributed by atoms with Crippen molar-refractivity contribution in [2.24, 2.45) is 5.92 Å². The Bertz CT molecular complexity index is 821. The van der Waals surface area contributed by atoms with E-state index in [0.29, 0.717) is 17.7 Å². The summed E-state index contributed by atoms with van der Waals surface area (Å²) in [4.78, 5) is 15.1. The van der Waals surface area contributed by atoms with Gasteiger partial charge in [0.1, 0.15) is 5.75 Å². The quantitative estimate of drug-likeness (QED) is 0.713. The van der Waals surface area contributed by atoms with Gasteiger partial charge in [0, 0.05) is 18.5 Å². The molecule has 1 unspecified atom stereocenters. The van der Waals surface area contributed by atoms with Crippen molar-refractivity contribution in [2.75, 3.05) is 20.2 Å². The maximum atomic E-state index is 15.6. The minimum Gasteiger partial charge on any atom is -0.497 e. The third kappa shape index (κ3) is 4.23. The number of likely N-dealkylation sites (tertiary alicyclic amines) is 1. The van der Waals surface area contributed by atoms with Crippen molar-refractivity contribution in [3.8, 4) is 5.75 Å². The lowest BCUT2D eigenvalue weighted by Gasteiger charge is -2.34. The van der Waals surface area contributed by atoms with Crippen molar-refractivity contribution in [2.45, 2.75) is 37.9 Å². The molecule has 0 spiro atoms. The summed E-state index contributed by atoms with van der Waals surface area (Å²) in [5.74, 6) is 0.606. The van der Waals surface area contributed by atoms with Crippen LogP contribution in [0.5, 0.6) is 5.75 Å². The average molecular weight is 404 g/mol. The summed E-state index contributed by atoms with van der Waals surface area (Å²) in [7, 11) is 1.59. The fourth-order valence-corrected chi connectivity index (χ4v) is 4.50. The van der Waals surface area contributed by atoms with Crippen LogP contribution >= 0.6 is 12.4 Å². The molecule has 2 aromatic carbocycles. The lowest BCUT2D eigenvalue weighted by Crippen LogP contribution is -2.38. The lowest BCUT2D eigenvalue weighted by molar-refractivity contribution is 0.0587. The van der Waals surface area contributed by atoms with Crippen molar-refractivity contribution < 1.29 is 13.9 Å². The van der Waals surface area contributed by atoms with Crippen LogP contribution in [0.3, 0.4) is 0 Å². The number of Topliss-reactive ketones (excluding diaryl/α,β-unsaturated/α-hetero) is 1. The fraction of sp³-hybridized carbons (Fsp3) is 0.435. The number of methoxy groups -OCH3 is 1. The number of rotatable bonds is 5. The summed E-state index contributed by atoms with van der Waals surface area (Å²) in [6, 6.07) is 15.7. The van der Waals surface area contributed by atoms with Gasteiger partial charge in [-0.15, -0.1) is 12.4 Å². The predicted molar refractivity (Wildman–Crippen MR) is 111 cm³/mol. The molecule has 0 radical (unpaired) electrons. The van der Waals surface area contributed by atoms with Gasteiger partial charge < -0.3 is 4.74 Å². The molecule has 1 aliphatic heterocycles. The normalized spacial score (nSPS) is 22.6. The van der Waals surface area contributed by atoms with Gasteiger partial charge in [0.15, 0.2) is 5.67 Å². The minimum absolute atomic E-state index is 0. The highest BCUT2D eigenvalue weighted by atomic mass is 35.5. The molecule has 0 amide bonds. The first-order chi connectivity index (χ1) is 13.1. The van der Waals surface area contributed by atoms with Gasteiger partial charge in [0.2, 0.25) is 5.78 Å². The van der Waals surface area contributed by atoms with Crippen LogP contribution in [-0.4, -0.2) is 36.6 Å². The molecule has 0 N–H and O–H groups in total. The van der Waals surface area contributed by atoms with Gasteiger partial charge in [-0.1, -0.05) is 30.3 Å². The first-order valence-electron chi connectivity index (χ1n) is 9.74. The zero-order chi connectivity index (χ0) is 18.9. The number of ketones is 1. The second-order valence-electron chi connectivity index (χ2n) is 7.90. The number of ether oxygens (including phenoxy) is 1. The maximum Gasteiger partial charge on any atom is 0.200 e. The molecule has 1 atom stereocenters. The smallest absolute Gasteiger partial charge is 0.200 e. The van der Waals surface area contributed by atoms with Crippen LogP contribution in [0.25, 0.3) is 0 Å². The van der Waals surface area contributed by atoms with Crippen LogP contribution in [-0.2, 0) is 13.0 Å². The molecule has 2 aromatic rings. The Hall–Kier alpha value is -1.91. The highest BCUT2D eigenvalue weighted by Crippen LogP contribution is 2.41. The van der Waals surface area contributed by atoms with E-state index in [2.05, 4.69) is 29.2 Å². The fourth-order valence-electron chi connectivity index (χ4n) is 4.50. The SMILES string of the molecule is COc1ccc2c(c1)CC(F)(CC1CCN(Cc3ccccc3)CC1)C2=O.Cl. The van der Waals surface area contributed by atoms with Gasteiger partial charge >= 0.3 is 0 Å². The molecular formula is C23H27ClFNO2. The lowest BCUT2D eigenvalue weighted by atomic mass is 9.83. The molecule has 0 aromatic heterocycles. The number of carbonyl (C=O) groups is 1. The summed E-state index contributed by atoms with van der Waals surface area (Å²) in [6.45, 7) is 2.87. The number of halogens is 2. The molecule has 1 heterocycles. The first kappa shape index (κ1) is 20.8. The summed E-state index contributed by atoms with van der Waals surface area (Å²) < 4.78 is 20.8. The number of piperidine rings is 1. The number of carbonyl (C=O) groups excluding carboxylic acids is 1. The van der Waals surface area contributed by atoms with Gasteiger partial charge in [0.25, 0.3) is 0 Å². The van der Waals surface area contributed by atoms with Crippen LogP contribution in [0.1, 0.15) is 40.7 Å². The van der Waals surface area contributed by atoms with Gasteiger partial charge in [-0.3, -0.25) is 9.69 Å². The Labute approximate surface area is 172 Å². The zero-order valence-electron chi connectivity index (χ0n) is 16.2. The van der Waals surface area contributed by atoms with E-state index < -0.39 is 5.67 Å². The summed E-state index contributed by atoms with van der Waals surface area (Å²) in [5.41, 5.74) is 0.873. The summed E-state index contributed by atoms with van der Waals surface area (Å²) in [6.07, 6.45) is 2.42. The molecule has 4 rings (SSSR count). The Morgan fingerprint density at radius 3 is 2.54 bits per heavy atom. The second-order valence-corrected chi connectivity index (χ2v) is 7.90. The van der Waals surface area contributed by atoms with Crippen LogP contribution in [0.2, 0.25) is 0 Å². The molecule has 2 aliphatic rings. The monoisotopic (exact) mass is 403 g/mol. The standard InChI is InChI=1S/C23H26FNO2.ClH/c1-27-20-7-8-21-19(13-20)15-23(24,22(21)26)14-17-9-11-25(12-10-17)16-18-5-3-2-4-6-18;/h2-8,13,17H,9-12,14-16H2,1H3;1H. The van der Waals surface area contributed by atoms with Gasteiger partial charge in [-0.25, -0.2) is 4.39 Å². The molecular weight excluding hydrogens is 377 g/mol. The Morgan fingerprint density at radius 2 is 1.86 bits per heavy atom. The highest BCUT2D eigenvalue weighted by molar-refractivity contribution is 6.07. The Kier molecular flexibility index (Phi) is 6.41. The number of benzene rings is 2. The Morgan fingerprint density at radius 1 is 1.14 bits per heavy atom. The van der Waals surface area contributed by atoms with Crippen molar-refractivity contribution in [1.29, 1.82) is 0 Å². The molecule has 1 saturated heterocycles. The number of hydrogen-bond acceptors (Lipinski definition) is 3. The highest BCUT2D eigenvalue weighted by Gasteiger charge is 2.47. The molecule has 28 heavy (non-hydrogen) atoms. The minimum atomic E-state index is -1.75. The van der Waals surface area contributed by atoms with Gasteiger partial charge in [-0.2, -0.15) is 0 Å². The molecule has 0 bridgehead atoms. The molecule has 1 fully saturated rings. The van der Waals surface area contributed by atoms with Crippen molar-refractivity contribution in [1.82, 2.24) is 4.90 Å². The Balaban J connectivity index is 0.00000225. The van der Waals surface area contributed by atoms with Crippen molar-refractivity contribution in [3.63, 3.8) is 0 Å². The third-order valence-electron chi connectivity index (χ3n) is 6.00. The number of fused-ring (bicyclic) bond motifs is 1. The molecule has 5 heteroatoms. The molecule has 0 saturated carbocycles. The summed E-state index contributed by atoms with van der Waals surface area (Å²) >= 11 is 0. The molecule has 1 aliphatic carbocycles. The van der Waals surface area contributed by atoms with E-state index in [9.17, 15) is 4.79 Å². The van der Waals surface area contributed by atoms with E-state index in [-0.39, 0.29) is 30.5 Å². The topological polar surface area (TPSA) is 29.5 Å². The largest absolute Gasteiger partial charge is 0.497 e. The van der Waals surface area contributed by atoms with E-state index in [1.165, 1.54) is 5.56 Å². The van der Waals surface area contributed by atoms with E-state index in [1.807, 2.05) is 6.07 Å². The van der Waals surface area contributed by atoms with Crippen LogP contribution in [0.15, 0.2) is 48.5 Å². The number of hydrogen-bond donors (Lipinski definition) is 0. The van der Waals surface area contributed by atoms with E-state index in [4.69, 9.17) is 4.74 Å². The third-order valence-corrected chi connectivity index (χ3v) is 6.00. The predicted octanol–water partition coefficient (Wildman–Crippen LogP) is 4.87. The van der Waals surface area contributed by atoms with Crippen LogP contribution in [0.4, 0.5) is 4.39 Å². The average Bonchev–Trinajstić information content (AvgIpc) is 2.94. The van der Waals surface area contributed by atoms with E-state index in [1.54, 1.807) is 25.3 Å². The first-order valence-corrected chi connectivity index (χ1v) is 9.74. The number of nitrogens with zero attached hydrogens (tertiary/aromatic N) is 1. The second kappa shape index (κ2) is 8.62. The van der Waals surface area contributed by atoms with E-state index >= 15 is 4.39 Å². The van der Waals surface area contributed by atoms with E-state index in [0.717, 1.165) is 38.0 Å². The van der Waals surface area contributed by atoms with Crippen LogP contribution < -0.4 is 4.74 Å². The molecule has 3 nitrogen and oxygen atoms in total. The summed E-state index contributed by atoms with van der Waals surface area (Å²) in [5, 5.41) is 0. The van der Waals surface area contributed by atoms with Crippen LogP contribution in [0, 0.1) is 5.92 Å². The van der Waals surface area contributed by atoms with Gasteiger partial charge in [-0.05, 0) is 67.6 Å². The number of alkyl halides is 1. The maximum absolute atomic E-state index is 15.6. The molecule has 150 valence electrons. The van der Waals surface area contributed by atoms with Crippen molar-refractivity contribution in [3.05, 3.63) is 65.2 Å².